The molecule has 0 saturated heterocycles. The van der Waals surface area contributed by atoms with Crippen LogP contribution in [0.25, 0.3) is 0 Å². The Morgan fingerprint density at radius 2 is 1.50 bits per heavy atom. The second-order valence-electron chi connectivity index (χ2n) is 4.95. The van der Waals surface area contributed by atoms with Crippen LogP contribution in [0.1, 0.15) is 41.5 Å². The van der Waals surface area contributed by atoms with Crippen LogP contribution in [0.2, 0.25) is 0 Å². The highest BCUT2D eigenvalue weighted by molar-refractivity contribution is 8.00. The second kappa shape index (κ2) is 7.58. The largest absolute Gasteiger partial charge is 0.315 e. The Hall–Kier alpha value is 0.310. The van der Waals surface area contributed by atoms with Crippen LogP contribution >= 0.6 is 11.8 Å². The summed E-state index contributed by atoms with van der Waals surface area (Å²) in [4.78, 5) is 0. The molecule has 0 aliphatic carbocycles. The van der Waals surface area contributed by atoms with E-state index in [1.165, 1.54) is 0 Å². The number of hydrogen-bond donors (Lipinski definition) is 1. The van der Waals surface area contributed by atoms with E-state index >= 15 is 0 Å². The van der Waals surface area contributed by atoms with E-state index in [1.54, 1.807) is 0 Å². The first-order valence-electron chi connectivity index (χ1n) is 5.79. The molecule has 0 aliphatic heterocycles. The molecule has 1 nitrogen and oxygen atoms in total. The summed E-state index contributed by atoms with van der Waals surface area (Å²) in [6.07, 6.45) is 0. The number of rotatable bonds is 7. The lowest BCUT2D eigenvalue weighted by Crippen LogP contribution is -2.27. The van der Waals surface area contributed by atoms with E-state index in [2.05, 4.69) is 58.6 Å². The second-order valence-corrected chi connectivity index (χ2v) is 6.77. The van der Waals surface area contributed by atoms with Gasteiger partial charge in [0.05, 0.1) is 0 Å². The van der Waals surface area contributed by atoms with Crippen LogP contribution < -0.4 is 5.32 Å². The molecule has 0 spiro atoms. The lowest BCUT2D eigenvalue weighted by Gasteiger charge is -2.20. The zero-order valence-corrected chi connectivity index (χ0v) is 11.4. The van der Waals surface area contributed by atoms with Crippen molar-refractivity contribution in [2.45, 2.75) is 52.0 Å². The highest BCUT2D eigenvalue weighted by atomic mass is 32.2. The molecule has 1 N–H and O–H groups in total. The van der Waals surface area contributed by atoms with Crippen LogP contribution in [-0.4, -0.2) is 23.6 Å². The Morgan fingerprint density at radius 3 is 1.93 bits per heavy atom. The van der Waals surface area contributed by atoms with E-state index in [0.29, 0.717) is 0 Å². The SMILES string of the molecule is CC(C)CNCC(C)SC(C)C(C)C. The third kappa shape index (κ3) is 7.69. The molecule has 0 aromatic rings. The maximum Gasteiger partial charge on any atom is 0.0146 e. The van der Waals surface area contributed by atoms with Crippen molar-refractivity contribution in [2.24, 2.45) is 11.8 Å². The highest BCUT2D eigenvalue weighted by Gasteiger charge is 2.11. The first-order chi connectivity index (χ1) is 6.43. The molecular weight excluding hydrogens is 190 g/mol. The minimum atomic E-state index is 0.728. The average Bonchev–Trinajstić information content (AvgIpc) is 2.02. The van der Waals surface area contributed by atoms with Gasteiger partial charge in [0.15, 0.2) is 0 Å². The number of thioether (sulfide) groups is 1. The van der Waals surface area contributed by atoms with Crippen molar-refractivity contribution in [3.8, 4) is 0 Å². The number of nitrogens with one attached hydrogen (secondary N) is 1. The maximum absolute atomic E-state index is 3.51. The summed E-state index contributed by atoms with van der Waals surface area (Å²) < 4.78 is 0. The minimum absolute atomic E-state index is 0.728. The molecule has 0 rings (SSSR count). The summed E-state index contributed by atoms with van der Waals surface area (Å²) in [5, 5.41) is 5.01. The van der Waals surface area contributed by atoms with Crippen LogP contribution in [0.3, 0.4) is 0 Å². The fourth-order valence-corrected chi connectivity index (χ4v) is 2.41. The molecule has 0 amide bonds. The highest BCUT2D eigenvalue weighted by Crippen LogP contribution is 2.22. The van der Waals surface area contributed by atoms with Crippen molar-refractivity contribution < 1.29 is 0 Å². The summed E-state index contributed by atoms with van der Waals surface area (Å²) in [7, 11) is 0. The van der Waals surface area contributed by atoms with E-state index in [4.69, 9.17) is 0 Å². The Bertz CT molecular complexity index is 134. The van der Waals surface area contributed by atoms with E-state index < -0.39 is 0 Å². The van der Waals surface area contributed by atoms with Gasteiger partial charge in [0, 0.05) is 17.0 Å². The molecule has 0 saturated carbocycles. The molecule has 0 radical (unpaired) electrons. The predicted molar refractivity (Wildman–Crippen MR) is 69.1 cm³/mol. The van der Waals surface area contributed by atoms with Crippen molar-refractivity contribution in [1.82, 2.24) is 5.32 Å². The van der Waals surface area contributed by atoms with Gasteiger partial charge in [-0.15, -0.1) is 0 Å². The van der Waals surface area contributed by atoms with E-state index in [0.717, 1.165) is 35.4 Å². The lowest BCUT2D eigenvalue weighted by molar-refractivity contribution is 0.552. The van der Waals surface area contributed by atoms with Gasteiger partial charge in [-0.2, -0.15) is 11.8 Å². The topological polar surface area (TPSA) is 12.0 Å². The molecule has 0 aromatic carbocycles. The van der Waals surface area contributed by atoms with Gasteiger partial charge in [0.1, 0.15) is 0 Å². The molecule has 86 valence electrons. The van der Waals surface area contributed by atoms with Gasteiger partial charge >= 0.3 is 0 Å². The molecule has 2 heteroatoms. The van der Waals surface area contributed by atoms with Gasteiger partial charge in [-0.3, -0.25) is 0 Å². The summed E-state index contributed by atoms with van der Waals surface area (Å²) in [6.45, 7) is 16.0. The molecule has 0 fully saturated rings. The zero-order chi connectivity index (χ0) is 11.1. The average molecular weight is 217 g/mol. The first kappa shape index (κ1) is 14.3. The standard InChI is InChI=1S/C12H27NS/c1-9(2)7-13-8-11(5)14-12(6)10(3)4/h9-13H,7-8H2,1-6H3. The molecular formula is C12H27NS. The van der Waals surface area contributed by atoms with Crippen LogP contribution in [0.4, 0.5) is 0 Å². The Labute approximate surface area is 94.4 Å². The summed E-state index contributed by atoms with van der Waals surface area (Å²) in [5.74, 6) is 1.54. The molecule has 0 bridgehead atoms. The van der Waals surface area contributed by atoms with Gasteiger partial charge < -0.3 is 5.32 Å². The van der Waals surface area contributed by atoms with Gasteiger partial charge in [-0.1, -0.05) is 41.5 Å². The monoisotopic (exact) mass is 217 g/mol. The van der Waals surface area contributed by atoms with Crippen molar-refractivity contribution in [3.63, 3.8) is 0 Å². The Kier molecular flexibility index (Phi) is 7.75. The number of hydrogen-bond acceptors (Lipinski definition) is 2. The van der Waals surface area contributed by atoms with Crippen molar-refractivity contribution in [3.05, 3.63) is 0 Å². The van der Waals surface area contributed by atoms with E-state index in [1.807, 2.05) is 0 Å². The Balaban J connectivity index is 3.50. The van der Waals surface area contributed by atoms with Gasteiger partial charge in [0.2, 0.25) is 0 Å². The summed E-state index contributed by atoms with van der Waals surface area (Å²) in [5.41, 5.74) is 0. The normalized spacial score (nSPS) is 16.3. The smallest absolute Gasteiger partial charge is 0.0146 e. The lowest BCUT2D eigenvalue weighted by atomic mass is 10.2. The molecule has 2 unspecified atom stereocenters. The minimum Gasteiger partial charge on any atom is -0.315 e. The molecule has 2 atom stereocenters. The van der Waals surface area contributed by atoms with Gasteiger partial charge in [0.25, 0.3) is 0 Å². The third-order valence-corrected chi connectivity index (χ3v) is 3.98. The van der Waals surface area contributed by atoms with Crippen LogP contribution in [-0.2, 0) is 0 Å². The molecule has 0 heterocycles. The predicted octanol–water partition coefficient (Wildman–Crippen LogP) is 3.40. The maximum atomic E-state index is 3.51. The van der Waals surface area contributed by atoms with Crippen molar-refractivity contribution >= 4 is 11.8 Å². The molecule has 14 heavy (non-hydrogen) atoms. The summed E-state index contributed by atoms with van der Waals surface area (Å²) >= 11 is 2.10. The van der Waals surface area contributed by atoms with Gasteiger partial charge in [-0.25, -0.2) is 0 Å². The summed E-state index contributed by atoms with van der Waals surface area (Å²) in [6, 6.07) is 0. The van der Waals surface area contributed by atoms with Gasteiger partial charge in [-0.05, 0) is 18.4 Å². The van der Waals surface area contributed by atoms with Crippen LogP contribution in [0.15, 0.2) is 0 Å². The first-order valence-corrected chi connectivity index (χ1v) is 6.74. The fourth-order valence-electron chi connectivity index (χ4n) is 1.15. The van der Waals surface area contributed by atoms with Crippen molar-refractivity contribution in [2.75, 3.05) is 13.1 Å². The van der Waals surface area contributed by atoms with Crippen molar-refractivity contribution in [1.29, 1.82) is 0 Å². The quantitative estimate of drug-likeness (QED) is 0.701. The molecule has 0 aliphatic rings. The zero-order valence-electron chi connectivity index (χ0n) is 10.6. The van der Waals surface area contributed by atoms with Crippen LogP contribution in [0, 0.1) is 11.8 Å². The third-order valence-electron chi connectivity index (χ3n) is 2.37. The van der Waals surface area contributed by atoms with E-state index in [-0.39, 0.29) is 0 Å². The van der Waals surface area contributed by atoms with E-state index in [9.17, 15) is 0 Å². The Morgan fingerprint density at radius 1 is 0.929 bits per heavy atom. The fraction of sp³-hybridized carbons (Fsp3) is 1.00. The molecule has 0 aromatic heterocycles. The van der Waals surface area contributed by atoms with Crippen LogP contribution in [0.5, 0.6) is 0 Å².